The Morgan fingerprint density at radius 2 is 1.75 bits per heavy atom. The summed E-state index contributed by atoms with van der Waals surface area (Å²) in [4.78, 5) is 7.61. The largest absolute Gasteiger partial charge is 0.491 e. The second-order valence-corrected chi connectivity index (χ2v) is 5.74. The highest BCUT2D eigenvalue weighted by Crippen LogP contribution is 2.28. The first-order chi connectivity index (χ1) is 11.7. The Bertz CT molecular complexity index is 807. The zero-order valence-corrected chi connectivity index (χ0v) is 14.0. The molecule has 4 nitrogen and oxygen atoms in total. The normalized spacial score (nSPS) is 10.8. The van der Waals surface area contributed by atoms with Crippen LogP contribution in [0.5, 0.6) is 5.75 Å². The van der Waals surface area contributed by atoms with Crippen molar-refractivity contribution in [3.8, 4) is 28.3 Å². The summed E-state index contributed by atoms with van der Waals surface area (Å²) < 4.78 is 5.58. The Labute approximate surface area is 142 Å². The molecule has 3 aromatic rings. The molecule has 0 amide bonds. The second kappa shape index (κ2) is 7.32. The van der Waals surface area contributed by atoms with E-state index in [1.807, 2.05) is 19.2 Å². The molecule has 0 atom stereocenters. The van der Waals surface area contributed by atoms with E-state index >= 15 is 0 Å². The molecule has 0 aliphatic heterocycles. The van der Waals surface area contributed by atoms with Crippen LogP contribution in [-0.2, 0) is 6.42 Å². The minimum absolute atomic E-state index is 0.0264. The molecule has 1 heterocycles. The molecular formula is C20H22N2O2. The number of benzene rings is 2. The predicted octanol–water partition coefficient (Wildman–Crippen LogP) is 3.99. The number of aromatic nitrogens is 2. The Kier molecular flexibility index (Phi) is 4.96. The van der Waals surface area contributed by atoms with Gasteiger partial charge in [0.1, 0.15) is 18.2 Å². The zero-order chi connectivity index (χ0) is 16.9. The summed E-state index contributed by atoms with van der Waals surface area (Å²) in [6.45, 7) is 4.45. The first-order valence-corrected chi connectivity index (χ1v) is 8.20. The van der Waals surface area contributed by atoms with Crippen molar-refractivity contribution < 1.29 is 9.84 Å². The number of rotatable bonds is 6. The van der Waals surface area contributed by atoms with E-state index in [1.165, 1.54) is 0 Å². The highest BCUT2D eigenvalue weighted by molar-refractivity contribution is 5.69. The highest BCUT2D eigenvalue weighted by atomic mass is 16.5. The van der Waals surface area contributed by atoms with Crippen LogP contribution in [0, 0.1) is 6.92 Å². The number of hydrogen-bond donors (Lipinski definition) is 2. The molecule has 4 heteroatoms. The molecule has 0 fully saturated rings. The van der Waals surface area contributed by atoms with E-state index in [4.69, 9.17) is 9.84 Å². The van der Waals surface area contributed by atoms with Gasteiger partial charge in [-0.05, 0) is 42.2 Å². The molecule has 0 aliphatic rings. The van der Waals surface area contributed by atoms with Crippen LogP contribution in [0.4, 0.5) is 0 Å². The van der Waals surface area contributed by atoms with Crippen molar-refractivity contribution in [3.05, 3.63) is 59.9 Å². The highest BCUT2D eigenvalue weighted by Gasteiger charge is 2.07. The summed E-state index contributed by atoms with van der Waals surface area (Å²) in [5.41, 5.74) is 5.59. The third kappa shape index (κ3) is 3.49. The van der Waals surface area contributed by atoms with Crippen molar-refractivity contribution in [2.45, 2.75) is 20.3 Å². The van der Waals surface area contributed by atoms with Gasteiger partial charge in [-0.2, -0.15) is 0 Å². The van der Waals surface area contributed by atoms with Gasteiger partial charge in [0.05, 0.1) is 6.61 Å². The van der Waals surface area contributed by atoms with Crippen molar-refractivity contribution in [1.82, 2.24) is 9.97 Å². The standard InChI is InChI=1S/C20H22N2O2/c1-3-15-12-18(8-9-19(15)24-11-10-23)16-4-6-17(7-5-16)20-21-13-14(2)22-20/h4-9,12-13,23H,3,10-11H2,1-2H3,(H,21,22). The number of ether oxygens (including phenoxy) is 1. The van der Waals surface area contributed by atoms with E-state index in [0.29, 0.717) is 6.61 Å². The smallest absolute Gasteiger partial charge is 0.137 e. The SMILES string of the molecule is CCc1cc(-c2ccc(-c3ncc(C)[nH]3)cc2)ccc1OCCO. The second-order valence-electron chi connectivity index (χ2n) is 5.74. The monoisotopic (exact) mass is 322 g/mol. The van der Waals surface area contributed by atoms with E-state index in [9.17, 15) is 0 Å². The van der Waals surface area contributed by atoms with Gasteiger partial charge >= 0.3 is 0 Å². The molecule has 0 radical (unpaired) electrons. The first kappa shape index (κ1) is 16.3. The number of aliphatic hydroxyl groups excluding tert-OH is 1. The number of hydrogen-bond acceptors (Lipinski definition) is 3. The number of H-pyrrole nitrogens is 1. The summed E-state index contributed by atoms with van der Waals surface area (Å²) in [5.74, 6) is 1.74. The molecule has 1 aromatic heterocycles. The average Bonchev–Trinajstić information content (AvgIpc) is 3.06. The summed E-state index contributed by atoms with van der Waals surface area (Å²) in [6, 6.07) is 14.6. The van der Waals surface area contributed by atoms with Crippen LogP contribution in [0.2, 0.25) is 0 Å². The van der Waals surface area contributed by atoms with E-state index < -0.39 is 0 Å². The number of aliphatic hydroxyl groups is 1. The third-order valence-corrected chi connectivity index (χ3v) is 3.98. The number of imidazole rings is 1. The average molecular weight is 322 g/mol. The van der Waals surface area contributed by atoms with Crippen LogP contribution in [0.3, 0.4) is 0 Å². The first-order valence-electron chi connectivity index (χ1n) is 8.20. The van der Waals surface area contributed by atoms with Gasteiger partial charge in [-0.1, -0.05) is 37.3 Å². The molecule has 124 valence electrons. The molecule has 0 spiro atoms. The number of nitrogens with zero attached hydrogens (tertiary/aromatic N) is 1. The molecule has 0 bridgehead atoms. The van der Waals surface area contributed by atoms with Gasteiger partial charge in [0, 0.05) is 17.5 Å². The summed E-state index contributed by atoms with van der Waals surface area (Å²) in [5, 5.41) is 8.91. The van der Waals surface area contributed by atoms with E-state index in [1.54, 1.807) is 0 Å². The summed E-state index contributed by atoms with van der Waals surface area (Å²) in [7, 11) is 0. The fourth-order valence-electron chi connectivity index (χ4n) is 2.71. The summed E-state index contributed by atoms with van der Waals surface area (Å²) >= 11 is 0. The molecule has 0 saturated carbocycles. The maximum atomic E-state index is 8.91. The van der Waals surface area contributed by atoms with Gasteiger partial charge in [-0.15, -0.1) is 0 Å². The van der Waals surface area contributed by atoms with Crippen LogP contribution in [0.1, 0.15) is 18.2 Å². The van der Waals surface area contributed by atoms with E-state index in [-0.39, 0.29) is 6.61 Å². The van der Waals surface area contributed by atoms with Crippen LogP contribution in [-0.4, -0.2) is 28.3 Å². The van der Waals surface area contributed by atoms with Gasteiger partial charge in [0.15, 0.2) is 0 Å². The maximum absolute atomic E-state index is 8.91. The molecule has 24 heavy (non-hydrogen) atoms. The molecule has 0 unspecified atom stereocenters. The number of nitrogens with one attached hydrogen (secondary N) is 1. The Hall–Kier alpha value is -2.59. The Balaban J connectivity index is 1.86. The lowest BCUT2D eigenvalue weighted by molar-refractivity contribution is 0.200. The molecule has 0 aliphatic carbocycles. The van der Waals surface area contributed by atoms with Crippen LogP contribution < -0.4 is 4.74 Å². The predicted molar refractivity (Wildman–Crippen MR) is 96.2 cm³/mol. The maximum Gasteiger partial charge on any atom is 0.137 e. The lowest BCUT2D eigenvalue weighted by Gasteiger charge is -2.12. The van der Waals surface area contributed by atoms with Gasteiger partial charge in [-0.3, -0.25) is 0 Å². The van der Waals surface area contributed by atoms with Crippen molar-refractivity contribution >= 4 is 0 Å². The minimum Gasteiger partial charge on any atom is -0.491 e. The molecule has 2 aromatic carbocycles. The van der Waals surface area contributed by atoms with E-state index in [0.717, 1.165) is 45.9 Å². The van der Waals surface area contributed by atoms with Gasteiger partial charge < -0.3 is 14.8 Å². The lowest BCUT2D eigenvalue weighted by Crippen LogP contribution is -2.03. The van der Waals surface area contributed by atoms with Crippen LogP contribution in [0.15, 0.2) is 48.7 Å². The fourth-order valence-corrected chi connectivity index (χ4v) is 2.71. The van der Waals surface area contributed by atoms with Gasteiger partial charge in [0.25, 0.3) is 0 Å². The molecule has 3 rings (SSSR count). The van der Waals surface area contributed by atoms with Crippen molar-refractivity contribution in [1.29, 1.82) is 0 Å². The molecule has 2 N–H and O–H groups in total. The van der Waals surface area contributed by atoms with Gasteiger partial charge in [-0.25, -0.2) is 4.98 Å². The number of aryl methyl sites for hydroxylation is 2. The van der Waals surface area contributed by atoms with Crippen molar-refractivity contribution in [3.63, 3.8) is 0 Å². The zero-order valence-electron chi connectivity index (χ0n) is 14.0. The van der Waals surface area contributed by atoms with Crippen LogP contribution in [0.25, 0.3) is 22.5 Å². The Morgan fingerprint density at radius 3 is 2.38 bits per heavy atom. The topological polar surface area (TPSA) is 58.1 Å². The van der Waals surface area contributed by atoms with Crippen molar-refractivity contribution in [2.75, 3.05) is 13.2 Å². The fraction of sp³-hybridized carbons (Fsp3) is 0.250. The number of aromatic amines is 1. The molecule has 0 saturated heterocycles. The minimum atomic E-state index is 0.0264. The molecular weight excluding hydrogens is 300 g/mol. The van der Waals surface area contributed by atoms with E-state index in [2.05, 4.69) is 53.3 Å². The summed E-state index contributed by atoms with van der Waals surface area (Å²) in [6.07, 6.45) is 2.72. The Morgan fingerprint density at radius 1 is 1.04 bits per heavy atom. The third-order valence-electron chi connectivity index (χ3n) is 3.98. The van der Waals surface area contributed by atoms with Gasteiger partial charge in [0.2, 0.25) is 0 Å². The lowest BCUT2D eigenvalue weighted by atomic mass is 10.00. The van der Waals surface area contributed by atoms with Crippen molar-refractivity contribution in [2.24, 2.45) is 0 Å². The quantitative estimate of drug-likeness (QED) is 0.721. The van der Waals surface area contributed by atoms with Crippen LogP contribution >= 0.6 is 0 Å².